The molecule has 3 atom stereocenters. The molecule has 3 aliphatic rings. The third-order valence-corrected chi connectivity index (χ3v) is 6.30. The minimum Gasteiger partial charge on any atom is -0.508 e. The van der Waals surface area contributed by atoms with E-state index in [4.69, 9.17) is 0 Å². The fourth-order valence-corrected chi connectivity index (χ4v) is 4.90. The van der Waals surface area contributed by atoms with E-state index in [9.17, 15) is 5.11 Å². The molecule has 1 aliphatic heterocycles. The van der Waals surface area contributed by atoms with E-state index in [1.807, 2.05) is 12.1 Å². The number of allylic oxidation sites excluding steroid dienone is 2. The Hall–Kier alpha value is -0.840. The molecule has 4 rings (SSSR count). The van der Waals surface area contributed by atoms with E-state index in [1.54, 1.807) is 6.07 Å². The molecule has 1 aromatic rings. The lowest BCUT2D eigenvalue weighted by atomic mass is 9.93. The van der Waals surface area contributed by atoms with Crippen molar-refractivity contribution in [3.8, 4) is 5.75 Å². The third kappa shape index (κ3) is 3.49. The summed E-state index contributed by atoms with van der Waals surface area (Å²) in [6, 6.07) is 5.70. The lowest BCUT2D eigenvalue weighted by Gasteiger charge is -2.37. The summed E-state index contributed by atoms with van der Waals surface area (Å²) in [5.74, 6) is 3.04. The molecule has 4 heteroatoms. The highest BCUT2D eigenvalue weighted by Crippen LogP contribution is 2.43. The molecule has 1 heterocycles. The molecule has 2 bridgehead atoms. The van der Waals surface area contributed by atoms with E-state index in [-0.39, 0.29) is 0 Å². The van der Waals surface area contributed by atoms with Gasteiger partial charge >= 0.3 is 0 Å². The first-order valence-corrected chi connectivity index (χ1v) is 9.57. The molecule has 3 nitrogen and oxygen atoms in total. The number of nitrogens with zero attached hydrogens (tertiary/aromatic N) is 2. The Bertz CT molecular complexity index is 595. The van der Waals surface area contributed by atoms with Crippen LogP contribution in [0.2, 0.25) is 0 Å². The molecule has 2 aliphatic carbocycles. The number of aromatic hydroxyl groups is 1. The summed E-state index contributed by atoms with van der Waals surface area (Å²) in [5.41, 5.74) is 1.02. The monoisotopic (exact) mass is 376 g/mol. The molecule has 0 spiro atoms. The number of phenols is 1. The summed E-state index contributed by atoms with van der Waals surface area (Å²) in [4.78, 5) is 5.11. The van der Waals surface area contributed by atoms with Gasteiger partial charge in [-0.15, -0.1) is 0 Å². The fraction of sp³-hybridized carbons (Fsp3) is 0.579. The van der Waals surface area contributed by atoms with E-state index in [2.05, 4.69) is 37.9 Å². The molecular formula is C19H25BrN2O. The smallest absolute Gasteiger partial charge is 0.120 e. The first-order valence-electron chi connectivity index (χ1n) is 8.78. The standard InChI is InChI=1S/C19H25BrN2O/c20-18-3-4-19(23)17(11-18)13-22-7-5-21(6-8-22)12-16-10-14-1-2-15(16)9-14/h1-4,11,14-16,23H,5-10,12-13H2/t14-,15-,16+/m0/s1. The minimum absolute atomic E-state index is 0.407. The first-order chi connectivity index (χ1) is 11.2. The van der Waals surface area contributed by atoms with E-state index < -0.39 is 0 Å². The highest BCUT2D eigenvalue weighted by molar-refractivity contribution is 9.10. The van der Waals surface area contributed by atoms with Crippen molar-refractivity contribution in [1.82, 2.24) is 9.80 Å². The van der Waals surface area contributed by atoms with Gasteiger partial charge in [0.2, 0.25) is 0 Å². The lowest BCUT2D eigenvalue weighted by Crippen LogP contribution is -2.47. The number of fused-ring (bicyclic) bond motifs is 2. The first kappa shape index (κ1) is 15.7. The molecule has 1 N–H and O–H groups in total. The summed E-state index contributed by atoms with van der Waals surface area (Å²) < 4.78 is 1.04. The summed E-state index contributed by atoms with van der Waals surface area (Å²) in [7, 11) is 0. The van der Waals surface area contributed by atoms with Crippen LogP contribution >= 0.6 is 15.9 Å². The van der Waals surface area contributed by atoms with Crippen molar-refractivity contribution >= 4 is 15.9 Å². The second-order valence-corrected chi connectivity index (χ2v) is 8.31. The quantitative estimate of drug-likeness (QED) is 0.814. The van der Waals surface area contributed by atoms with Gasteiger partial charge in [0.05, 0.1) is 0 Å². The van der Waals surface area contributed by atoms with Crippen molar-refractivity contribution in [2.24, 2.45) is 17.8 Å². The Labute approximate surface area is 147 Å². The Morgan fingerprint density at radius 3 is 2.52 bits per heavy atom. The lowest BCUT2D eigenvalue weighted by molar-refractivity contribution is 0.108. The molecule has 0 aromatic heterocycles. The topological polar surface area (TPSA) is 26.7 Å². The Morgan fingerprint density at radius 2 is 1.83 bits per heavy atom. The van der Waals surface area contributed by atoms with Crippen molar-refractivity contribution in [3.63, 3.8) is 0 Å². The summed E-state index contributed by atoms with van der Waals surface area (Å²) in [6.07, 6.45) is 7.72. The van der Waals surface area contributed by atoms with E-state index in [0.29, 0.717) is 5.75 Å². The number of hydrogen-bond acceptors (Lipinski definition) is 3. The third-order valence-electron chi connectivity index (χ3n) is 5.81. The van der Waals surface area contributed by atoms with E-state index in [1.165, 1.54) is 19.4 Å². The van der Waals surface area contributed by atoms with Gasteiger partial charge in [-0.2, -0.15) is 0 Å². The van der Waals surface area contributed by atoms with Gasteiger partial charge in [0, 0.05) is 49.3 Å². The van der Waals surface area contributed by atoms with Gasteiger partial charge in [-0.3, -0.25) is 4.90 Å². The van der Waals surface area contributed by atoms with Crippen molar-refractivity contribution in [3.05, 3.63) is 40.4 Å². The van der Waals surface area contributed by atoms with Crippen LogP contribution in [0.3, 0.4) is 0 Å². The molecule has 1 saturated carbocycles. The number of phenolic OH excluding ortho intramolecular Hbond substituents is 1. The molecule has 0 amide bonds. The maximum atomic E-state index is 10.0. The van der Waals surface area contributed by atoms with Gasteiger partial charge in [0.1, 0.15) is 5.75 Å². The van der Waals surface area contributed by atoms with Crippen molar-refractivity contribution in [2.45, 2.75) is 19.4 Å². The summed E-state index contributed by atoms with van der Waals surface area (Å²) in [5, 5.41) is 10.0. The van der Waals surface area contributed by atoms with Gasteiger partial charge in [-0.25, -0.2) is 0 Å². The largest absolute Gasteiger partial charge is 0.508 e. The highest BCUT2D eigenvalue weighted by atomic mass is 79.9. The predicted molar refractivity (Wildman–Crippen MR) is 96.4 cm³/mol. The number of benzene rings is 1. The average molecular weight is 377 g/mol. The van der Waals surface area contributed by atoms with Gasteiger partial charge in [-0.05, 0) is 48.8 Å². The normalized spacial score (nSPS) is 31.1. The summed E-state index contributed by atoms with van der Waals surface area (Å²) in [6.45, 7) is 6.64. The van der Waals surface area contributed by atoms with Crippen LogP contribution in [0, 0.1) is 17.8 Å². The average Bonchev–Trinajstić information content (AvgIpc) is 3.16. The number of halogens is 1. The fourth-order valence-electron chi connectivity index (χ4n) is 4.49. The van der Waals surface area contributed by atoms with Crippen molar-refractivity contribution in [2.75, 3.05) is 32.7 Å². The number of hydrogen-bond donors (Lipinski definition) is 1. The summed E-state index contributed by atoms with van der Waals surface area (Å²) >= 11 is 3.49. The second kappa shape index (κ2) is 6.58. The second-order valence-electron chi connectivity index (χ2n) is 7.39. The minimum atomic E-state index is 0.407. The molecule has 1 aromatic carbocycles. The van der Waals surface area contributed by atoms with Crippen LogP contribution in [0.15, 0.2) is 34.8 Å². The van der Waals surface area contributed by atoms with Crippen LogP contribution in [0.4, 0.5) is 0 Å². The zero-order valence-corrected chi connectivity index (χ0v) is 15.1. The molecule has 0 unspecified atom stereocenters. The zero-order valence-electron chi connectivity index (χ0n) is 13.5. The predicted octanol–water partition coefficient (Wildman–Crippen LogP) is 3.48. The van der Waals surface area contributed by atoms with Gasteiger partial charge in [0.15, 0.2) is 0 Å². The molecular weight excluding hydrogens is 352 g/mol. The van der Waals surface area contributed by atoms with Gasteiger partial charge in [0.25, 0.3) is 0 Å². The van der Waals surface area contributed by atoms with Crippen LogP contribution in [0.5, 0.6) is 5.75 Å². The maximum absolute atomic E-state index is 10.0. The molecule has 124 valence electrons. The van der Waals surface area contributed by atoms with Crippen molar-refractivity contribution in [1.29, 1.82) is 0 Å². The molecule has 2 fully saturated rings. The van der Waals surface area contributed by atoms with Crippen LogP contribution < -0.4 is 0 Å². The number of rotatable bonds is 4. The molecule has 23 heavy (non-hydrogen) atoms. The molecule has 0 radical (unpaired) electrons. The van der Waals surface area contributed by atoms with Crippen LogP contribution in [-0.4, -0.2) is 47.6 Å². The Kier molecular flexibility index (Phi) is 4.48. The van der Waals surface area contributed by atoms with Crippen LogP contribution in [0.25, 0.3) is 0 Å². The van der Waals surface area contributed by atoms with E-state index >= 15 is 0 Å². The zero-order chi connectivity index (χ0) is 15.8. The van der Waals surface area contributed by atoms with Gasteiger partial charge < -0.3 is 10.0 Å². The van der Waals surface area contributed by atoms with Crippen LogP contribution in [0.1, 0.15) is 18.4 Å². The molecule has 1 saturated heterocycles. The highest BCUT2D eigenvalue weighted by Gasteiger charge is 2.36. The Morgan fingerprint density at radius 1 is 1.04 bits per heavy atom. The SMILES string of the molecule is Oc1ccc(Br)cc1CN1CCN(C[C@H]2C[C@H]3C=C[C@H]2C3)CC1. The Balaban J connectivity index is 1.27. The number of piperazine rings is 1. The maximum Gasteiger partial charge on any atom is 0.120 e. The van der Waals surface area contributed by atoms with E-state index in [0.717, 1.165) is 60.5 Å². The van der Waals surface area contributed by atoms with Gasteiger partial charge in [-0.1, -0.05) is 28.1 Å². The van der Waals surface area contributed by atoms with Crippen molar-refractivity contribution < 1.29 is 5.11 Å². The van der Waals surface area contributed by atoms with Crippen LogP contribution in [-0.2, 0) is 6.54 Å².